The SMILES string of the molecule is O=C(C1CCCN(c2ccc3[nH]c(-c4nccc(C5CC5)n4)nc3n2)C1)N1CCOCC1. The average molecular weight is 434 g/mol. The molecular formula is C23H27N7O2. The number of hydrogen-bond acceptors (Lipinski definition) is 7. The lowest BCUT2D eigenvalue weighted by Crippen LogP contribution is -2.48. The molecule has 1 saturated carbocycles. The second-order valence-electron chi connectivity index (χ2n) is 8.93. The lowest BCUT2D eigenvalue weighted by molar-refractivity contribution is -0.139. The Morgan fingerprint density at radius 2 is 1.91 bits per heavy atom. The summed E-state index contributed by atoms with van der Waals surface area (Å²) in [5.41, 5.74) is 2.61. The Kier molecular flexibility index (Phi) is 4.98. The van der Waals surface area contributed by atoms with Crippen LogP contribution in [-0.2, 0) is 9.53 Å². The number of H-pyrrole nitrogens is 1. The highest BCUT2D eigenvalue weighted by Crippen LogP contribution is 2.39. The van der Waals surface area contributed by atoms with E-state index in [1.807, 2.05) is 23.1 Å². The van der Waals surface area contributed by atoms with Crippen molar-refractivity contribution in [3.63, 3.8) is 0 Å². The highest BCUT2D eigenvalue weighted by molar-refractivity contribution is 5.80. The Morgan fingerprint density at radius 3 is 2.75 bits per heavy atom. The van der Waals surface area contributed by atoms with Crippen molar-refractivity contribution >= 4 is 22.9 Å². The van der Waals surface area contributed by atoms with Crippen LogP contribution in [0.4, 0.5) is 5.82 Å². The maximum absolute atomic E-state index is 13.0. The molecule has 1 aliphatic carbocycles. The molecule has 1 atom stereocenters. The minimum atomic E-state index is 0.00709. The van der Waals surface area contributed by atoms with Crippen LogP contribution >= 0.6 is 0 Å². The number of hydrogen-bond donors (Lipinski definition) is 1. The van der Waals surface area contributed by atoms with E-state index in [1.165, 1.54) is 12.8 Å². The van der Waals surface area contributed by atoms with Gasteiger partial charge in [0.25, 0.3) is 0 Å². The van der Waals surface area contributed by atoms with Gasteiger partial charge in [-0.1, -0.05) is 0 Å². The highest BCUT2D eigenvalue weighted by Gasteiger charge is 2.31. The number of rotatable bonds is 4. The number of piperidine rings is 1. The van der Waals surface area contributed by atoms with E-state index in [2.05, 4.69) is 19.9 Å². The van der Waals surface area contributed by atoms with Crippen molar-refractivity contribution in [1.29, 1.82) is 0 Å². The zero-order valence-electron chi connectivity index (χ0n) is 18.0. The highest BCUT2D eigenvalue weighted by atomic mass is 16.5. The lowest BCUT2D eigenvalue weighted by Gasteiger charge is -2.36. The van der Waals surface area contributed by atoms with Crippen molar-refractivity contribution in [3.8, 4) is 11.6 Å². The average Bonchev–Trinajstić information content (AvgIpc) is 3.62. The number of amides is 1. The minimum absolute atomic E-state index is 0.00709. The number of pyridine rings is 1. The number of aromatic amines is 1. The van der Waals surface area contributed by atoms with Crippen LogP contribution in [0.1, 0.15) is 37.3 Å². The normalized spacial score (nSPS) is 21.8. The van der Waals surface area contributed by atoms with Crippen molar-refractivity contribution < 1.29 is 9.53 Å². The molecule has 9 heteroatoms. The largest absolute Gasteiger partial charge is 0.378 e. The van der Waals surface area contributed by atoms with Crippen LogP contribution in [0, 0.1) is 5.92 Å². The van der Waals surface area contributed by atoms with Crippen molar-refractivity contribution in [2.75, 3.05) is 44.3 Å². The first-order valence-electron chi connectivity index (χ1n) is 11.6. The fourth-order valence-corrected chi connectivity index (χ4v) is 4.69. The van der Waals surface area contributed by atoms with Crippen LogP contribution in [0.15, 0.2) is 24.4 Å². The third-order valence-corrected chi connectivity index (χ3v) is 6.63. The summed E-state index contributed by atoms with van der Waals surface area (Å²) in [5.74, 6) is 2.94. The van der Waals surface area contributed by atoms with Crippen LogP contribution in [-0.4, -0.2) is 75.1 Å². The first kappa shape index (κ1) is 19.6. The van der Waals surface area contributed by atoms with Gasteiger partial charge in [-0.05, 0) is 43.9 Å². The second-order valence-corrected chi connectivity index (χ2v) is 8.93. The van der Waals surface area contributed by atoms with Gasteiger partial charge in [-0.2, -0.15) is 0 Å². The molecule has 6 rings (SSSR count). The molecule has 0 bridgehead atoms. The van der Waals surface area contributed by atoms with E-state index in [1.54, 1.807) is 6.20 Å². The first-order valence-corrected chi connectivity index (χ1v) is 11.6. The van der Waals surface area contributed by atoms with E-state index in [0.29, 0.717) is 56.1 Å². The fraction of sp³-hybridized carbons (Fsp3) is 0.522. The van der Waals surface area contributed by atoms with Gasteiger partial charge in [-0.15, -0.1) is 0 Å². The molecule has 9 nitrogen and oxygen atoms in total. The Hall–Kier alpha value is -3.07. The van der Waals surface area contributed by atoms with Gasteiger partial charge in [0.1, 0.15) is 5.82 Å². The zero-order valence-corrected chi connectivity index (χ0v) is 18.0. The Morgan fingerprint density at radius 1 is 1.03 bits per heavy atom. The number of nitrogens with one attached hydrogen (secondary N) is 1. The van der Waals surface area contributed by atoms with E-state index in [4.69, 9.17) is 14.7 Å². The van der Waals surface area contributed by atoms with Crippen LogP contribution < -0.4 is 4.90 Å². The molecule has 3 aliphatic rings. The maximum Gasteiger partial charge on any atom is 0.227 e. The molecule has 166 valence electrons. The van der Waals surface area contributed by atoms with E-state index >= 15 is 0 Å². The van der Waals surface area contributed by atoms with Gasteiger partial charge in [0.2, 0.25) is 5.91 Å². The predicted octanol–water partition coefficient (Wildman–Crippen LogP) is 2.37. The molecule has 5 heterocycles. The third-order valence-electron chi connectivity index (χ3n) is 6.63. The molecular weight excluding hydrogens is 406 g/mol. The van der Waals surface area contributed by atoms with Gasteiger partial charge in [0.05, 0.1) is 24.6 Å². The smallest absolute Gasteiger partial charge is 0.227 e. The lowest BCUT2D eigenvalue weighted by atomic mass is 9.96. The van der Waals surface area contributed by atoms with Gasteiger partial charge >= 0.3 is 0 Å². The molecule has 1 N–H and O–H groups in total. The number of imidazole rings is 1. The molecule has 2 aliphatic heterocycles. The van der Waals surface area contributed by atoms with E-state index in [9.17, 15) is 4.79 Å². The number of morpholine rings is 1. The summed E-state index contributed by atoms with van der Waals surface area (Å²) in [7, 11) is 0. The molecule has 2 saturated heterocycles. The quantitative estimate of drug-likeness (QED) is 0.674. The number of carbonyl (C=O) groups is 1. The molecule has 1 amide bonds. The number of carbonyl (C=O) groups excluding carboxylic acids is 1. The van der Waals surface area contributed by atoms with Gasteiger partial charge in [0.15, 0.2) is 17.3 Å². The predicted molar refractivity (Wildman–Crippen MR) is 119 cm³/mol. The molecule has 3 aromatic heterocycles. The summed E-state index contributed by atoms with van der Waals surface area (Å²) in [6.07, 6.45) is 6.12. The second kappa shape index (κ2) is 8.12. The summed E-state index contributed by atoms with van der Waals surface area (Å²) >= 11 is 0. The fourth-order valence-electron chi connectivity index (χ4n) is 4.69. The molecule has 0 radical (unpaired) electrons. The topological polar surface area (TPSA) is 100 Å². The van der Waals surface area contributed by atoms with Gasteiger partial charge < -0.3 is 19.5 Å². The maximum atomic E-state index is 13.0. The van der Waals surface area contributed by atoms with Gasteiger partial charge in [0, 0.05) is 44.0 Å². The van der Waals surface area contributed by atoms with Crippen molar-refractivity contribution in [1.82, 2.24) is 29.8 Å². The number of aromatic nitrogens is 5. The van der Waals surface area contributed by atoms with Gasteiger partial charge in [-0.25, -0.2) is 19.9 Å². The standard InChI is InChI=1S/C23H27N7O2/c31-23(29-10-12-32-13-11-29)16-2-1-9-30(14-16)19-6-5-18-20(27-19)28-22(26-18)21-24-8-7-17(25-21)15-3-4-15/h5-8,15-16H,1-4,9-14H2,(H,26,27,28). The zero-order chi connectivity index (χ0) is 21.5. The van der Waals surface area contributed by atoms with E-state index < -0.39 is 0 Å². The van der Waals surface area contributed by atoms with Crippen molar-refractivity contribution in [2.45, 2.75) is 31.6 Å². The Labute approximate surface area is 186 Å². The van der Waals surface area contributed by atoms with Crippen LogP contribution in [0.25, 0.3) is 22.8 Å². The van der Waals surface area contributed by atoms with Crippen LogP contribution in [0.3, 0.4) is 0 Å². The molecule has 0 aromatic carbocycles. The summed E-state index contributed by atoms with van der Waals surface area (Å²) in [6, 6.07) is 6.00. The summed E-state index contributed by atoms with van der Waals surface area (Å²) in [5, 5.41) is 0. The number of nitrogens with zero attached hydrogens (tertiary/aromatic N) is 6. The molecule has 0 spiro atoms. The molecule has 32 heavy (non-hydrogen) atoms. The Balaban J connectivity index is 1.21. The van der Waals surface area contributed by atoms with Crippen molar-refractivity contribution in [3.05, 3.63) is 30.1 Å². The van der Waals surface area contributed by atoms with E-state index in [-0.39, 0.29) is 11.8 Å². The van der Waals surface area contributed by atoms with Crippen molar-refractivity contribution in [2.24, 2.45) is 5.92 Å². The first-order chi connectivity index (χ1) is 15.7. The van der Waals surface area contributed by atoms with Gasteiger partial charge in [-0.3, -0.25) is 4.79 Å². The third kappa shape index (κ3) is 3.81. The minimum Gasteiger partial charge on any atom is -0.378 e. The summed E-state index contributed by atoms with van der Waals surface area (Å²) in [4.78, 5) is 39.0. The summed E-state index contributed by atoms with van der Waals surface area (Å²) < 4.78 is 5.39. The molecule has 1 unspecified atom stereocenters. The number of fused-ring (bicyclic) bond motifs is 1. The Bertz CT molecular complexity index is 1140. The van der Waals surface area contributed by atoms with Crippen LogP contribution in [0.5, 0.6) is 0 Å². The van der Waals surface area contributed by atoms with Crippen LogP contribution in [0.2, 0.25) is 0 Å². The number of ether oxygens (including phenoxy) is 1. The van der Waals surface area contributed by atoms with E-state index in [0.717, 1.165) is 36.4 Å². The number of anilines is 1. The molecule has 3 fully saturated rings. The summed E-state index contributed by atoms with van der Waals surface area (Å²) in [6.45, 7) is 4.25. The molecule has 3 aromatic rings. The monoisotopic (exact) mass is 433 g/mol.